The smallest absolute Gasteiger partial charge is 0.166 e. The lowest BCUT2D eigenvalue weighted by Crippen LogP contribution is -2.01. The number of nitrogens with zero attached hydrogens (tertiary/aromatic N) is 2. The Labute approximate surface area is 127 Å². The highest BCUT2D eigenvalue weighted by Crippen LogP contribution is 2.37. The number of carbonyl (C=O) groups is 1. The minimum atomic E-state index is 0.0318. The number of nitrogens with two attached hydrogens (primary N) is 1. The zero-order chi connectivity index (χ0) is 15.4. The van der Waals surface area contributed by atoms with E-state index >= 15 is 0 Å². The topological polar surface area (TPSA) is 90.1 Å². The van der Waals surface area contributed by atoms with Gasteiger partial charge in [0.15, 0.2) is 5.75 Å². The summed E-state index contributed by atoms with van der Waals surface area (Å²) in [5, 5.41) is 3.21. The lowest BCUT2D eigenvalue weighted by molar-refractivity contribution is -0.116. The molecule has 0 radical (unpaired) electrons. The minimum Gasteiger partial charge on any atom is -0.454 e. The average molecular weight is 307 g/mol. The number of ketones is 1. The van der Waals surface area contributed by atoms with Gasteiger partial charge in [-0.1, -0.05) is 11.6 Å². The van der Waals surface area contributed by atoms with Crippen LogP contribution in [-0.4, -0.2) is 22.8 Å². The number of aromatic nitrogens is 2. The Balaban J connectivity index is 2.28. The van der Waals surface area contributed by atoms with Crippen molar-refractivity contribution < 1.29 is 9.53 Å². The molecule has 21 heavy (non-hydrogen) atoms. The number of rotatable bonds is 5. The molecule has 0 bridgehead atoms. The number of hydrogen-bond donors (Lipinski definition) is 2. The zero-order valence-electron chi connectivity index (χ0n) is 11.7. The van der Waals surface area contributed by atoms with E-state index in [0.717, 1.165) is 0 Å². The largest absolute Gasteiger partial charge is 0.454 e. The van der Waals surface area contributed by atoms with Gasteiger partial charge >= 0.3 is 0 Å². The van der Waals surface area contributed by atoms with Gasteiger partial charge in [-0.3, -0.25) is 9.78 Å². The van der Waals surface area contributed by atoms with E-state index in [1.54, 1.807) is 25.4 Å². The van der Waals surface area contributed by atoms with E-state index in [1.807, 2.05) is 0 Å². The molecule has 3 N–H and O–H groups in total. The summed E-state index contributed by atoms with van der Waals surface area (Å²) >= 11 is 6.21. The Morgan fingerprint density at radius 2 is 2.24 bits per heavy atom. The molecule has 2 aromatic rings. The number of Topliss-reactive ketones (excluding diaryl/α,β-unsaturated/α-hetero) is 1. The van der Waals surface area contributed by atoms with Crippen molar-refractivity contribution in [2.24, 2.45) is 0 Å². The van der Waals surface area contributed by atoms with Crippen LogP contribution in [0.5, 0.6) is 11.5 Å². The van der Waals surface area contributed by atoms with Crippen molar-refractivity contribution in [3.05, 3.63) is 35.2 Å². The Kier molecular flexibility index (Phi) is 4.59. The van der Waals surface area contributed by atoms with Crippen LogP contribution >= 0.6 is 11.6 Å². The third-order valence-electron chi connectivity index (χ3n) is 2.71. The summed E-state index contributed by atoms with van der Waals surface area (Å²) in [4.78, 5) is 19.2. The number of pyridine rings is 2. The molecular formula is C14H15ClN4O2. The lowest BCUT2D eigenvalue weighted by Gasteiger charge is -2.12. The fourth-order valence-corrected chi connectivity index (χ4v) is 2.07. The Hall–Kier alpha value is -2.34. The fraction of sp³-hybridized carbons (Fsp3) is 0.214. The van der Waals surface area contributed by atoms with Crippen LogP contribution in [0.15, 0.2) is 24.5 Å². The van der Waals surface area contributed by atoms with Crippen molar-refractivity contribution in [1.82, 2.24) is 9.97 Å². The van der Waals surface area contributed by atoms with Crippen LogP contribution in [0.2, 0.25) is 5.02 Å². The number of nitrogen functional groups attached to an aromatic ring is 1. The molecule has 0 aliphatic rings. The first-order chi connectivity index (χ1) is 10.0. The van der Waals surface area contributed by atoms with E-state index in [1.165, 1.54) is 13.1 Å². The van der Waals surface area contributed by atoms with E-state index < -0.39 is 0 Å². The summed E-state index contributed by atoms with van der Waals surface area (Å²) < 4.78 is 5.69. The predicted octanol–water partition coefficient (Wildman–Crippen LogP) is 2.68. The lowest BCUT2D eigenvalue weighted by atomic mass is 10.2. The van der Waals surface area contributed by atoms with E-state index in [2.05, 4.69) is 15.3 Å². The number of nitrogens with one attached hydrogen (secondary N) is 1. The average Bonchev–Trinajstić information content (AvgIpc) is 2.42. The maximum atomic E-state index is 11.1. The molecule has 0 unspecified atom stereocenters. The van der Waals surface area contributed by atoms with Crippen LogP contribution in [0.4, 0.5) is 11.5 Å². The maximum Gasteiger partial charge on any atom is 0.166 e. The second kappa shape index (κ2) is 6.41. The molecule has 0 saturated carbocycles. The van der Waals surface area contributed by atoms with Gasteiger partial charge in [0.05, 0.1) is 17.6 Å². The molecule has 0 atom stereocenters. The number of carbonyl (C=O) groups excluding carboxylic acids is 1. The molecule has 7 heteroatoms. The van der Waals surface area contributed by atoms with Crippen molar-refractivity contribution in [3.8, 4) is 11.5 Å². The van der Waals surface area contributed by atoms with Gasteiger partial charge in [0.1, 0.15) is 22.4 Å². The molecule has 0 aromatic carbocycles. The SMILES string of the molecule is CNc1c(N)ncc(Oc2ccnc(CC(C)=O)c2)c1Cl. The second-order valence-corrected chi connectivity index (χ2v) is 4.79. The molecule has 0 saturated heterocycles. The molecule has 0 spiro atoms. The summed E-state index contributed by atoms with van der Waals surface area (Å²) in [5.74, 6) is 1.22. The molecule has 2 aromatic heterocycles. The van der Waals surface area contributed by atoms with Crippen LogP contribution in [0.3, 0.4) is 0 Å². The van der Waals surface area contributed by atoms with Crippen LogP contribution in [-0.2, 0) is 11.2 Å². The Morgan fingerprint density at radius 1 is 1.48 bits per heavy atom. The van der Waals surface area contributed by atoms with Crippen LogP contribution < -0.4 is 15.8 Å². The molecule has 0 amide bonds. The number of anilines is 2. The fourth-order valence-electron chi connectivity index (χ4n) is 1.79. The zero-order valence-corrected chi connectivity index (χ0v) is 12.4. The standard InChI is InChI=1S/C14H15ClN4O2/c1-8(20)5-9-6-10(3-4-18-9)21-11-7-19-14(16)13(17-2)12(11)15/h3-4,6-7,17H,5H2,1-2H3,(H2,16,19). The first-order valence-corrected chi connectivity index (χ1v) is 6.63. The van der Waals surface area contributed by atoms with E-state index in [9.17, 15) is 4.79 Å². The molecule has 0 aliphatic carbocycles. The highest BCUT2D eigenvalue weighted by molar-refractivity contribution is 6.35. The highest BCUT2D eigenvalue weighted by Gasteiger charge is 2.12. The van der Waals surface area contributed by atoms with E-state index in [0.29, 0.717) is 33.7 Å². The van der Waals surface area contributed by atoms with Crippen LogP contribution in [0.1, 0.15) is 12.6 Å². The molecule has 0 aliphatic heterocycles. The van der Waals surface area contributed by atoms with Gasteiger partial charge in [0.25, 0.3) is 0 Å². The molecule has 2 rings (SSSR count). The van der Waals surface area contributed by atoms with Gasteiger partial charge in [0, 0.05) is 25.7 Å². The van der Waals surface area contributed by atoms with Gasteiger partial charge in [-0.2, -0.15) is 0 Å². The quantitative estimate of drug-likeness (QED) is 0.882. The number of halogens is 1. The van der Waals surface area contributed by atoms with E-state index in [4.69, 9.17) is 22.1 Å². The third-order valence-corrected chi connectivity index (χ3v) is 3.08. The van der Waals surface area contributed by atoms with Crippen LogP contribution in [0.25, 0.3) is 0 Å². The third kappa shape index (κ3) is 3.61. The normalized spacial score (nSPS) is 10.2. The molecule has 2 heterocycles. The van der Waals surface area contributed by atoms with Gasteiger partial charge < -0.3 is 15.8 Å². The number of hydrogen-bond acceptors (Lipinski definition) is 6. The van der Waals surface area contributed by atoms with Crippen molar-refractivity contribution >= 4 is 28.9 Å². The summed E-state index contributed by atoms with van der Waals surface area (Å²) in [6.07, 6.45) is 3.28. The van der Waals surface area contributed by atoms with Gasteiger partial charge in [-0.15, -0.1) is 0 Å². The van der Waals surface area contributed by atoms with E-state index in [-0.39, 0.29) is 12.2 Å². The second-order valence-electron chi connectivity index (χ2n) is 4.41. The van der Waals surface area contributed by atoms with Crippen molar-refractivity contribution in [2.75, 3.05) is 18.1 Å². The maximum absolute atomic E-state index is 11.1. The Morgan fingerprint density at radius 3 is 2.90 bits per heavy atom. The van der Waals surface area contributed by atoms with Crippen molar-refractivity contribution in [3.63, 3.8) is 0 Å². The summed E-state index contributed by atoms with van der Waals surface area (Å²) in [6.45, 7) is 1.51. The minimum absolute atomic E-state index is 0.0318. The molecule has 0 fully saturated rings. The highest BCUT2D eigenvalue weighted by atomic mass is 35.5. The van der Waals surface area contributed by atoms with Crippen molar-refractivity contribution in [1.29, 1.82) is 0 Å². The Bertz CT molecular complexity index is 676. The summed E-state index contributed by atoms with van der Waals surface area (Å²) in [7, 11) is 1.69. The van der Waals surface area contributed by atoms with Gasteiger partial charge in [-0.05, 0) is 13.0 Å². The monoisotopic (exact) mass is 306 g/mol. The van der Waals surface area contributed by atoms with Crippen LogP contribution in [0, 0.1) is 0 Å². The summed E-state index contributed by atoms with van der Waals surface area (Å²) in [6, 6.07) is 3.36. The molecule has 110 valence electrons. The first kappa shape index (κ1) is 15.1. The number of ether oxygens (including phenoxy) is 1. The first-order valence-electron chi connectivity index (χ1n) is 6.25. The van der Waals surface area contributed by atoms with Gasteiger partial charge in [-0.25, -0.2) is 4.98 Å². The summed E-state index contributed by atoms with van der Waals surface area (Å²) in [5.41, 5.74) is 6.85. The van der Waals surface area contributed by atoms with Gasteiger partial charge in [0.2, 0.25) is 0 Å². The van der Waals surface area contributed by atoms with Crippen molar-refractivity contribution in [2.45, 2.75) is 13.3 Å². The molecule has 6 nitrogen and oxygen atoms in total. The molecular weight excluding hydrogens is 292 g/mol. The predicted molar refractivity (Wildman–Crippen MR) is 81.9 cm³/mol.